The van der Waals surface area contributed by atoms with Crippen LogP contribution in [0.2, 0.25) is 0 Å². The highest BCUT2D eigenvalue weighted by atomic mass is 16.6. The van der Waals surface area contributed by atoms with Crippen molar-refractivity contribution in [1.29, 1.82) is 0 Å². The normalized spacial score (nSPS) is 12.1. The Morgan fingerprint density at radius 3 is 2.77 bits per heavy atom. The number of para-hydroxylation sites is 1. The highest BCUT2D eigenvalue weighted by Gasteiger charge is 2.26. The van der Waals surface area contributed by atoms with Gasteiger partial charge in [0.1, 0.15) is 5.58 Å². The van der Waals surface area contributed by atoms with Crippen LogP contribution in [0.5, 0.6) is 0 Å². The van der Waals surface area contributed by atoms with Gasteiger partial charge in [0.05, 0.1) is 12.3 Å². The Hall–Kier alpha value is -3.13. The molecule has 0 bridgehead atoms. The SMILES string of the molecule is COCc1c(C(=O)OC(C)C(=O)Nc2cc(C)no2)oc2ccccc12. The molecule has 26 heavy (non-hydrogen) atoms. The summed E-state index contributed by atoms with van der Waals surface area (Å²) in [4.78, 5) is 24.6. The van der Waals surface area contributed by atoms with Crippen molar-refractivity contribution in [2.45, 2.75) is 26.6 Å². The first-order valence-corrected chi connectivity index (χ1v) is 7.94. The van der Waals surface area contributed by atoms with Crippen molar-refractivity contribution in [2.75, 3.05) is 12.4 Å². The number of carbonyl (C=O) groups is 2. The molecule has 1 N–H and O–H groups in total. The standard InChI is InChI=1S/C18H18N2O6/c1-10-8-15(26-20-10)19-17(21)11(2)24-18(22)16-13(9-23-3)12-6-4-5-7-14(12)25-16/h4-8,11H,9H2,1-3H3,(H,19,21). The Bertz CT molecular complexity index is 942. The zero-order valence-corrected chi connectivity index (χ0v) is 14.6. The molecule has 0 radical (unpaired) electrons. The predicted molar refractivity (Wildman–Crippen MR) is 91.7 cm³/mol. The van der Waals surface area contributed by atoms with E-state index >= 15 is 0 Å². The van der Waals surface area contributed by atoms with Gasteiger partial charge >= 0.3 is 5.97 Å². The van der Waals surface area contributed by atoms with Crippen molar-refractivity contribution >= 4 is 28.7 Å². The molecule has 1 unspecified atom stereocenters. The first-order valence-electron chi connectivity index (χ1n) is 7.94. The van der Waals surface area contributed by atoms with Gasteiger partial charge in [-0.05, 0) is 19.9 Å². The third-order valence-electron chi connectivity index (χ3n) is 3.70. The number of furan rings is 1. The van der Waals surface area contributed by atoms with Gasteiger partial charge in [0.15, 0.2) is 6.10 Å². The third-order valence-corrected chi connectivity index (χ3v) is 3.70. The summed E-state index contributed by atoms with van der Waals surface area (Å²) >= 11 is 0. The van der Waals surface area contributed by atoms with Crippen molar-refractivity contribution in [3.05, 3.63) is 47.3 Å². The molecular weight excluding hydrogens is 340 g/mol. The second-order valence-electron chi connectivity index (χ2n) is 5.71. The van der Waals surface area contributed by atoms with E-state index in [4.69, 9.17) is 18.4 Å². The molecule has 0 fully saturated rings. The second kappa shape index (κ2) is 7.40. The van der Waals surface area contributed by atoms with E-state index in [0.29, 0.717) is 16.8 Å². The number of nitrogens with zero attached hydrogens (tertiary/aromatic N) is 1. The molecule has 1 amide bonds. The molecule has 0 aliphatic carbocycles. The van der Waals surface area contributed by atoms with E-state index < -0.39 is 18.0 Å². The van der Waals surface area contributed by atoms with Crippen LogP contribution in [0, 0.1) is 6.92 Å². The molecule has 1 aromatic carbocycles. The van der Waals surface area contributed by atoms with Gasteiger partial charge in [0.2, 0.25) is 11.6 Å². The number of esters is 1. The fraction of sp³-hybridized carbons (Fsp3) is 0.278. The van der Waals surface area contributed by atoms with Crippen molar-refractivity contribution in [2.24, 2.45) is 0 Å². The summed E-state index contributed by atoms with van der Waals surface area (Å²) < 4.78 is 20.9. The van der Waals surface area contributed by atoms with Crippen LogP contribution in [0.25, 0.3) is 11.0 Å². The number of nitrogens with one attached hydrogen (secondary N) is 1. The molecule has 0 saturated carbocycles. The summed E-state index contributed by atoms with van der Waals surface area (Å²) in [5.41, 5.74) is 1.74. The lowest BCUT2D eigenvalue weighted by atomic mass is 10.1. The number of rotatable bonds is 6. The third kappa shape index (κ3) is 3.60. The minimum Gasteiger partial charge on any atom is -0.449 e. The topological polar surface area (TPSA) is 104 Å². The Morgan fingerprint density at radius 1 is 1.31 bits per heavy atom. The fourth-order valence-electron chi connectivity index (χ4n) is 2.46. The highest BCUT2D eigenvalue weighted by molar-refractivity contribution is 5.99. The van der Waals surface area contributed by atoms with E-state index in [0.717, 1.165) is 5.39 Å². The number of aromatic nitrogens is 1. The molecule has 8 heteroatoms. The van der Waals surface area contributed by atoms with Crippen molar-refractivity contribution in [3.8, 4) is 0 Å². The molecule has 0 aliphatic heterocycles. The molecule has 0 spiro atoms. The number of methoxy groups -OCH3 is 1. The van der Waals surface area contributed by atoms with Gasteiger partial charge in [0, 0.05) is 24.1 Å². The molecule has 136 valence electrons. The molecule has 0 aliphatic rings. The summed E-state index contributed by atoms with van der Waals surface area (Å²) in [6.45, 7) is 3.36. The van der Waals surface area contributed by atoms with Crippen LogP contribution >= 0.6 is 0 Å². The predicted octanol–water partition coefficient (Wildman–Crippen LogP) is 3.06. The second-order valence-corrected chi connectivity index (χ2v) is 5.71. The maximum absolute atomic E-state index is 12.5. The van der Waals surface area contributed by atoms with E-state index in [9.17, 15) is 9.59 Å². The number of ether oxygens (including phenoxy) is 2. The maximum Gasteiger partial charge on any atom is 0.375 e. The van der Waals surface area contributed by atoms with Crippen LogP contribution in [-0.2, 0) is 20.9 Å². The van der Waals surface area contributed by atoms with Gasteiger partial charge in [-0.25, -0.2) is 4.79 Å². The summed E-state index contributed by atoms with van der Waals surface area (Å²) in [5, 5.41) is 6.91. The first-order chi connectivity index (χ1) is 12.5. The molecule has 2 heterocycles. The van der Waals surface area contributed by atoms with Gasteiger partial charge in [-0.2, -0.15) is 0 Å². The average Bonchev–Trinajstić information content (AvgIpc) is 3.19. The quantitative estimate of drug-likeness (QED) is 0.675. The number of hydrogen-bond acceptors (Lipinski definition) is 7. The van der Waals surface area contributed by atoms with Gasteiger partial charge < -0.3 is 18.4 Å². The Labute approximate surface area is 149 Å². The Morgan fingerprint density at radius 2 is 2.08 bits per heavy atom. The number of carbonyl (C=O) groups excluding carboxylic acids is 2. The number of aryl methyl sites for hydroxylation is 1. The van der Waals surface area contributed by atoms with Gasteiger partial charge in [-0.3, -0.25) is 10.1 Å². The van der Waals surface area contributed by atoms with Crippen molar-refractivity contribution < 1.29 is 28.0 Å². The monoisotopic (exact) mass is 358 g/mol. The zero-order valence-electron chi connectivity index (χ0n) is 14.6. The van der Waals surface area contributed by atoms with Gasteiger partial charge in [-0.1, -0.05) is 23.4 Å². The lowest BCUT2D eigenvalue weighted by Gasteiger charge is -2.11. The van der Waals surface area contributed by atoms with Crippen molar-refractivity contribution in [1.82, 2.24) is 5.16 Å². The number of anilines is 1. The maximum atomic E-state index is 12.5. The Balaban J connectivity index is 1.75. The number of fused-ring (bicyclic) bond motifs is 1. The van der Waals surface area contributed by atoms with E-state index in [-0.39, 0.29) is 18.3 Å². The Kier molecular flexibility index (Phi) is 5.04. The average molecular weight is 358 g/mol. The van der Waals surface area contributed by atoms with Gasteiger partial charge in [-0.15, -0.1) is 0 Å². The van der Waals surface area contributed by atoms with E-state index in [1.54, 1.807) is 25.1 Å². The first kappa shape index (κ1) is 17.7. The van der Waals surface area contributed by atoms with Gasteiger partial charge in [0.25, 0.3) is 5.91 Å². The highest BCUT2D eigenvalue weighted by Crippen LogP contribution is 2.27. The minimum atomic E-state index is -1.06. The molecule has 3 rings (SSSR count). The number of amides is 1. The summed E-state index contributed by atoms with van der Waals surface area (Å²) in [7, 11) is 1.52. The van der Waals surface area contributed by atoms with Crippen LogP contribution in [0.3, 0.4) is 0 Å². The smallest absolute Gasteiger partial charge is 0.375 e. The summed E-state index contributed by atoms with van der Waals surface area (Å²) in [6.07, 6.45) is -1.06. The van der Waals surface area contributed by atoms with E-state index in [1.165, 1.54) is 14.0 Å². The summed E-state index contributed by atoms with van der Waals surface area (Å²) in [6, 6.07) is 8.76. The van der Waals surface area contributed by atoms with Crippen molar-refractivity contribution in [3.63, 3.8) is 0 Å². The van der Waals surface area contributed by atoms with Crippen LogP contribution in [0.4, 0.5) is 5.88 Å². The molecule has 3 aromatic rings. The lowest BCUT2D eigenvalue weighted by Crippen LogP contribution is -2.30. The largest absolute Gasteiger partial charge is 0.449 e. The minimum absolute atomic E-state index is 0.0169. The summed E-state index contributed by atoms with van der Waals surface area (Å²) in [5.74, 6) is -1.09. The van der Waals surface area contributed by atoms with Crippen LogP contribution in [0.1, 0.15) is 28.7 Å². The molecule has 8 nitrogen and oxygen atoms in total. The van der Waals surface area contributed by atoms with Crippen LogP contribution in [0.15, 0.2) is 39.3 Å². The zero-order chi connectivity index (χ0) is 18.7. The molecule has 0 saturated heterocycles. The number of hydrogen-bond donors (Lipinski definition) is 1. The molecule has 1 atom stereocenters. The van der Waals surface area contributed by atoms with Crippen LogP contribution in [-0.4, -0.2) is 30.2 Å². The molecular formula is C18H18N2O6. The number of benzene rings is 1. The lowest BCUT2D eigenvalue weighted by molar-refractivity contribution is -0.124. The van der Waals surface area contributed by atoms with Crippen LogP contribution < -0.4 is 5.32 Å². The fourth-order valence-corrected chi connectivity index (χ4v) is 2.46. The van der Waals surface area contributed by atoms with E-state index in [1.807, 2.05) is 12.1 Å². The molecule has 2 aromatic heterocycles. The van der Waals surface area contributed by atoms with E-state index in [2.05, 4.69) is 10.5 Å².